The molecule has 0 fully saturated rings. The molecule has 118 valence electrons. The van der Waals surface area contributed by atoms with Crippen molar-refractivity contribution in [3.8, 4) is 0 Å². The number of nitrogens with one attached hydrogen (secondary N) is 2. The highest BCUT2D eigenvalue weighted by molar-refractivity contribution is 6.00. The average molecular weight is 302 g/mol. The highest BCUT2D eigenvalue weighted by Gasteiger charge is 2.23. The standard InChI is InChI=1S/C17H22N2O3/c1-5-12-10(3)17(22)19-15(12)8-14-9(2)13(11(4)18-14)6-7-16(20)21/h8,18H,5-7H2,1-4H3,(H,19,22)(H,20,21)/b15-8+. The van der Waals surface area contributed by atoms with Crippen molar-refractivity contribution >= 4 is 18.0 Å². The van der Waals surface area contributed by atoms with E-state index in [2.05, 4.69) is 10.3 Å². The van der Waals surface area contributed by atoms with Crippen LogP contribution in [-0.2, 0) is 16.0 Å². The second-order valence-electron chi connectivity index (χ2n) is 5.63. The van der Waals surface area contributed by atoms with Crippen LogP contribution in [0, 0.1) is 13.8 Å². The highest BCUT2D eigenvalue weighted by atomic mass is 16.4. The van der Waals surface area contributed by atoms with Gasteiger partial charge >= 0.3 is 5.97 Å². The Morgan fingerprint density at radius 1 is 1.27 bits per heavy atom. The summed E-state index contributed by atoms with van der Waals surface area (Å²) in [6.45, 7) is 7.78. The Labute approximate surface area is 130 Å². The number of allylic oxidation sites excluding steroid dienone is 1. The van der Waals surface area contributed by atoms with Gasteiger partial charge in [0.25, 0.3) is 5.91 Å². The Morgan fingerprint density at radius 2 is 1.95 bits per heavy atom. The molecular formula is C17H22N2O3. The third kappa shape index (κ3) is 2.98. The van der Waals surface area contributed by atoms with Gasteiger partial charge in [0, 0.05) is 29.1 Å². The number of hydrogen-bond donors (Lipinski definition) is 3. The van der Waals surface area contributed by atoms with Gasteiger partial charge in [0.2, 0.25) is 0 Å². The first-order chi connectivity index (χ1) is 10.3. The Bertz CT molecular complexity index is 693. The monoisotopic (exact) mass is 302 g/mol. The second-order valence-corrected chi connectivity index (χ2v) is 5.63. The quantitative estimate of drug-likeness (QED) is 0.782. The molecule has 1 aliphatic rings. The fourth-order valence-corrected chi connectivity index (χ4v) is 2.92. The van der Waals surface area contributed by atoms with Gasteiger partial charge in [0.05, 0.1) is 0 Å². The van der Waals surface area contributed by atoms with E-state index in [0.717, 1.165) is 45.8 Å². The lowest BCUT2D eigenvalue weighted by atomic mass is 10.0. The van der Waals surface area contributed by atoms with Gasteiger partial charge in [0.15, 0.2) is 0 Å². The fraction of sp³-hybridized carbons (Fsp3) is 0.412. The molecule has 22 heavy (non-hydrogen) atoms. The number of carboxylic acids is 1. The van der Waals surface area contributed by atoms with Crippen LogP contribution in [-0.4, -0.2) is 22.0 Å². The Morgan fingerprint density at radius 3 is 2.55 bits per heavy atom. The molecule has 2 rings (SSSR count). The number of rotatable bonds is 5. The number of hydrogen-bond acceptors (Lipinski definition) is 2. The van der Waals surface area contributed by atoms with Crippen molar-refractivity contribution in [1.82, 2.24) is 10.3 Å². The van der Waals surface area contributed by atoms with E-state index in [1.807, 2.05) is 33.8 Å². The Balaban J connectivity index is 2.35. The molecule has 0 unspecified atom stereocenters. The molecule has 0 atom stereocenters. The van der Waals surface area contributed by atoms with Crippen molar-refractivity contribution in [2.45, 2.75) is 47.0 Å². The zero-order chi connectivity index (χ0) is 16.4. The first-order valence-electron chi connectivity index (χ1n) is 7.48. The van der Waals surface area contributed by atoms with Gasteiger partial charge in [-0.3, -0.25) is 9.59 Å². The second kappa shape index (κ2) is 6.22. The van der Waals surface area contributed by atoms with Crippen molar-refractivity contribution in [3.05, 3.63) is 39.4 Å². The van der Waals surface area contributed by atoms with Crippen LogP contribution < -0.4 is 5.32 Å². The van der Waals surface area contributed by atoms with Crippen LogP contribution in [0.4, 0.5) is 0 Å². The summed E-state index contributed by atoms with van der Waals surface area (Å²) in [5, 5.41) is 11.7. The van der Waals surface area contributed by atoms with E-state index in [9.17, 15) is 9.59 Å². The van der Waals surface area contributed by atoms with Crippen molar-refractivity contribution in [3.63, 3.8) is 0 Å². The molecule has 1 amide bonds. The molecule has 1 aromatic heterocycles. The molecule has 0 radical (unpaired) electrons. The zero-order valence-corrected chi connectivity index (χ0v) is 13.5. The van der Waals surface area contributed by atoms with E-state index < -0.39 is 5.97 Å². The molecule has 3 N–H and O–H groups in total. The van der Waals surface area contributed by atoms with E-state index in [1.165, 1.54) is 0 Å². The Hall–Kier alpha value is -2.30. The number of aliphatic carboxylic acids is 1. The first-order valence-corrected chi connectivity index (χ1v) is 7.48. The summed E-state index contributed by atoms with van der Waals surface area (Å²) in [7, 11) is 0. The summed E-state index contributed by atoms with van der Waals surface area (Å²) in [5.41, 5.74) is 6.61. The van der Waals surface area contributed by atoms with E-state index in [0.29, 0.717) is 6.42 Å². The number of aromatic amines is 1. The van der Waals surface area contributed by atoms with Crippen LogP contribution in [0.15, 0.2) is 16.8 Å². The highest BCUT2D eigenvalue weighted by Crippen LogP contribution is 2.27. The van der Waals surface area contributed by atoms with Crippen molar-refractivity contribution in [2.75, 3.05) is 0 Å². The number of H-pyrrole nitrogens is 1. The molecule has 0 spiro atoms. The molecule has 0 aromatic carbocycles. The van der Waals surface area contributed by atoms with Crippen molar-refractivity contribution in [1.29, 1.82) is 0 Å². The molecular weight excluding hydrogens is 280 g/mol. The zero-order valence-electron chi connectivity index (χ0n) is 13.5. The average Bonchev–Trinajstić information content (AvgIpc) is 2.86. The van der Waals surface area contributed by atoms with Crippen LogP contribution in [0.25, 0.3) is 6.08 Å². The van der Waals surface area contributed by atoms with Gasteiger partial charge in [-0.25, -0.2) is 0 Å². The maximum Gasteiger partial charge on any atom is 0.303 e. The summed E-state index contributed by atoms with van der Waals surface area (Å²) in [6, 6.07) is 0. The molecule has 1 aliphatic heterocycles. The van der Waals surface area contributed by atoms with Crippen molar-refractivity contribution < 1.29 is 14.7 Å². The SMILES string of the molecule is CCC1=C(C)C(=O)N/C1=C/c1[nH]c(C)c(CCC(=O)O)c1C. The van der Waals surface area contributed by atoms with Crippen LogP contribution in [0.3, 0.4) is 0 Å². The molecule has 5 heteroatoms. The lowest BCUT2D eigenvalue weighted by Gasteiger charge is -2.03. The number of carbonyl (C=O) groups is 2. The van der Waals surface area contributed by atoms with E-state index in [4.69, 9.17) is 5.11 Å². The van der Waals surface area contributed by atoms with E-state index in [1.54, 1.807) is 0 Å². The van der Waals surface area contributed by atoms with Crippen LogP contribution in [0.2, 0.25) is 0 Å². The number of carboxylic acid groups (broad SMARTS) is 1. The summed E-state index contributed by atoms with van der Waals surface area (Å²) < 4.78 is 0. The van der Waals surface area contributed by atoms with Crippen LogP contribution in [0.5, 0.6) is 0 Å². The molecule has 0 saturated carbocycles. The van der Waals surface area contributed by atoms with Crippen molar-refractivity contribution in [2.24, 2.45) is 0 Å². The number of aryl methyl sites for hydroxylation is 1. The minimum atomic E-state index is -0.796. The topological polar surface area (TPSA) is 82.2 Å². The third-order valence-corrected chi connectivity index (χ3v) is 4.23. The van der Waals surface area contributed by atoms with Crippen LogP contribution >= 0.6 is 0 Å². The third-order valence-electron chi connectivity index (χ3n) is 4.23. The molecule has 2 heterocycles. The number of amides is 1. The predicted molar refractivity (Wildman–Crippen MR) is 85.3 cm³/mol. The lowest BCUT2D eigenvalue weighted by Crippen LogP contribution is -2.15. The maximum absolute atomic E-state index is 11.8. The smallest absolute Gasteiger partial charge is 0.303 e. The predicted octanol–water partition coefficient (Wildman–Crippen LogP) is 2.85. The molecule has 0 bridgehead atoms. The normalized spacial score (nSPS) is 16.5. The maximum atomic E-state index is 11.8. The largest absolute Gasteiger partial charge is 0.481 e. The molecule has 0 saturated heterocycles. The lowest BCUT2D eigenvalue weighted by molar-refractivity contribution is -0.137. The number of carbonyl (C=O) groups excluding carboxylic acids is 1. The molecule has 0 aliphatic carbocycles. The summed E-state index contributed by atoms with van der Waals surface area (Å²) in [4.78, 5) is 25.8. The molecule has 5 nitrogen and oxygen atoms in total. The van der Waals surface area contributed by atoms with Gasteiger partial charge in [0.1, 0.15) is 0 Å². The minimum Gasteiger partial charge on any atom is -0.481 e. The van der Waals surface area contributed by atoms with Gasteiger partial charge in [-0.1, -0.05) is 6.92 Å². The first kappa shape index (κ1) is 16.1. The fourth-order valence-electron chi connectivity index (χ4n) is 2.92. The minimum absolute atomic E-state index is 0.0462. The van der Waals surface area contributed by atoms with E-state index >= 15 is 0 Å². The van der Waals surface area contributed by atoms with Gasteiger partial charge in [-0.15, -0.1) is 0 Å². The molecule has 1 aromatic rings. The van der Waals surface area contributed by atoms with E-state index in [-0.39, 0.29) is 12.3 Å². The Kier molecular flexibility index (Phi) is 4.54. The summed E-state index contributed by atoms with van der Waals surface area (Å²) >= 11 is 0. The van der Waals surface area contributed by atoms with Gasteiger partial charge in [-0.05, 0) is 56.4 Å². The summed E-state index contributed by atoms with van der Waals surface area (Å²) in [5.74, 6) is -0.843. The van der Waals surface area contributed by atoms with Gasteiger partial charge < -0.3 is 15.4 Å². The van der Waals surface area contributed by atoms with Gasteiger partial charge in [-0.2, -0.15) is 0 Å². The summed E-state index contributed by atoms with van der Waals surface area (Å²) in [6.07, 6.45) is 3.36. The number of aromatic nitrogens is 1. The van der Waals surface area contributed by atoms with Crippen LogP contribution in [0.1, 0.15) is 49.2 Å².